The maximum Gasteiger partial charge on any atom is 0.241 e. The van der Waals surface area contributed by atoms with E-state index in [0.717, 1.165) is 35.0 Å². The smallest absolute Gasteiger partial charge is 0.241 e. The molecule has 1 unspecified atom stereocenters. The molecule has 0 aliphatic heterocycles. The minimum atomic E-state index is -0.418. The second-order valence-corrected chi connectivity index (χ2v) is 5.06. The molecule has 1 aromatic rings. The quantitative estimate of drug-likeness (QED) is 0.877. The lowest BCUT2D eigenvalue weighted by Gasteiger charge is -2.12. The number of nitrogens with one attached hydrogen (secondary N) is 1. The second-order valence-electron chi connectivity index (χ2n) is 4.20. The van der Waals surface area contributed by atoms with E-state index in [1.165, 1.54) is 0 Å². The Kier molecular flexibility index (Phi) is 5.65. The summed E-state index contributed by atoms with van der Waals surface area (Å²) in [5, 5.41) is 2.83. The van der Waals surface area contributed by atoms with Crippen LogP contribution in [-0.4, -0.2) is 11.9 Å². The average molecular weight is 299 g/mol. The number of aryl methyl sites for hydroxylation is 1. The van der Waals surface area contributed by atoms with Crippen LogP contribution < -0.4 is 11.1 Å². The van der Waals surface area contributed by atoms with Crippen LogP contribution in [0, 0.1) is 6.92 Å². The van der Waals surface area contributed by atoms with Crippen LogP contribution in [0.15, 0.2) is 22.7 Å². The first-order valence-corrected chi connectivity index (χ1v) is 6.66. The fourth-order valence-corrected chi connectivity index (χ4v) is 1.76. The van der Waals surface area contributed by atoms with Crippen molar-refractivity contribution in [2.24, 2.45) is 5.73 Å². The molecule has 17 heavy (non-hydrogen) atoms. The van der Waals surface area contributed by atoms with Gasteiger partial charge in [0.2, 0.25) is 5.91 Å². The number of unbranched alkanes of at least 4 members (excludes halogenated alkanes) is 1. The Balaban J connectivity index is 2.58. The Morgan fingerprint density at radius 3 is 2.82 bits per heavy atom. The Morgan fingerprint density at radius 1 is 1.53 bits per heavy atom. The number of rotatable bonds is 5. The normalized spacial score (nSPS) is 12.2. The Hall–Kier alpha value is -0.870. The number of carbonyl (C=O) groups is 1. The molecular weight excluding hydrogens is 280 g/mol. The molecule has 1 amide bonds. The van der Waals surface area contributed by atoms with E-state index in [9.17, 15) is 4.79 Å². The summed E-state index contributed by atoms with van der Waals surface area (Å²) >= 11 is 3.42. The molecule has 1 atom stereocenters. The summed E-state index contributed by atoms with van der Waals surface area (Å²) < 4.78 is 1.03. The summed E-state index contributed by atoms with van der Waals surface area (Å²) in [6.07, 6.45) is 2.77. The van der Waals surface area contributed by atoms with Gasteiger partial charge in [-0.05, 0) is 37.1 Å². The van der Waals surface area contributed by atoms with Crippen LogP contribution in [0.5, 0.6) is 0 Å². The third-order valence-electron chi connectivity index (χ3n) is 2.63. The molecule has 0 bridgehead atoms. The highest BCUT2D eigenvalue weighted by Crippen LogP contribution is 2.20. The van der Waals surface area contributed by atoms with Crippen molar-refractivity contribution in [3.8, 4) is 0 Å². The summed E-state index contributed by atoms with van der Waals surface area (Å²) in [4.78, 5) is 11.8. The second kappa shape index (κ2) is 6.77. The van der Waals surface area contributed by atoms with Gasteiger partial charge in [0.1, 0.15) is 0 Å². The lowest BCUT2D eigenvalue weighted by Crippen LogP contribution is -2.35. The lowest BCUT2D eigenvalue weighted by atomic mass is 10.1. The van der Waals surface area contributed by atoms with Crippen molar-refractivity contribution in [2.75, 3.05) is 5.32 Å². The van der Waals surface area contributed by atoms with E-state index in [1.54, 1.807) is 0 Å². The largest absolute Gasteiger partial charge is 0.325 e. The maximum atomic E-state index is 11.8. The van der Waals surface area contributed by atoms with Crippen molar-refractivity contribution in [3.05, 3.63) is 28.2 Å². The van der Waals surface area contributed by atoms with Gasteiger partial charge in [-0.2, -0.15) is 0 Å². The van der Waals surface area contributed by atoms with E-state index in [1.807, 2.05) is 25.1 Å². The standard InChI is InChI=1S/C13H19BrN2O/c1-3-4-5-12(15)13(17)16-10-6-7-11(14)9(2)8-10/h6-8,12H,3-5,15H2,1-2H3,(H,16,17). The molecule has 0 spiro atoms. The molecule has 3 N–H and O–H groups in total. The third-order valence-corrected chi connectivity index (χ3v) is 3.52. The number of hydrogen-bond acceptors (Lipinski definition) is 2. The van der Waals surface area contributed by atoms with E-state index in [0.29, 0.717) is 0 Å². The Morgan fingerprint density at radius 2 is 2.24 bits per heavy atom. The van der Waals surface area contributed by atoms with Gasteiger partial charge >= 0.3 is 0 Å². The molecule has 0 saturated heterocycles. The zero-order chi connectivity index (χ0) is 12.8. The van der Waals surface area contributed by atoms with Crippen molar-refractivity contribution < 1.29 is 4.79 Å². The number of halogens is 1. The first kappa shape index (κ1) is 14.2. The molecule has 3 nitrogen and oxygen atoms in total. The molecule has 1 rings (SSSR count). The Bertz CT molecular complexity index is 393. The van der Waals surface area contributed by atoms with Gasteiger partial charge in [-0.3, -0.25) is 4.79 Å². The van der Waals surface area contributed by atoms with E-state index in [-0.39, 0.29) is 5.91 Å². The highest BCUT2D eigenvalue weighted by Gasteiger charge is 2.12. The van der Waals surface area contributed by atoms with Crippen LogP contribution in [0.3, 0.4) is 0 Å². The average Bonchev–Trinajstić information content (AvgIpc) is 2.30. The van der Waals surface area contributed by atoms with Crippen molar-refractivity contribution >= 4 is 27.5 Å². The monoisotopic (exact) mass is 298 g/mol. The number of carbonyl (C=O) groups excluding carboxylic acids is 1. The van der Waals surface area contributed by atoms with Gasteiger partial charge in [-0.25, -0.2) is 0 Å². The van der Waals surface area contributed by atoms with E-state index in [2.05, 4.69) is 28.2 Å². The molecule has 94 valence electrons. The van der Waals surface area contributed by atoms with Crippen molar-refractivity contribution in [2.45, 2.75) is 39.2 Å². The summed E-state index contributed by atoms with van der Waals surface area (Å²) in [6.45, 7) is 4.07. The Labute approximate surface area is 111 Å². The van der Waals surface area contributed by atoms with Gasteiger partial charge in [-0.1, -0.05) is 35.7 Å². The van der Waals surface area contributed by atoms with E-state index < -0.39 is 6.04 Å². The fraction of sp³-hybridized carbons (Fsp3) is 0.462. The SMILES string of the molecule is CCCCC(N)C(=O)Nc1ccc(Br)c(C)c1. The number of anilines is 1. The van der Waals surface area contributed by atoms with Crippen molar-refractivity contribution in [1.29, 1.82) is 0 Å². The molecule has 4 heteroatoms. The van der Waals surface area contributed by atoms with Gasteiger partial charge in [0.15, 0.2) is 0 Å². The molecule has 0 heterocycles. The van der Waals surface area contributed by atoms with E-state index >= 15 is 0 Å². The van der Waals surface area contributed by atoms with Crippen LogP contribution in [0.1, 0.15) is 31.7 Å². The van der Waals surface area contributed by atoms with Gasteiger partial charge in [0.25, 0.3) is 0 Å². The first-order valence-electron chi connectivity index (χ1n) is 5.87. The molecule has 0 radical (unpaired) electrons. The summed E-state index contributed by atoms with van der Waals surface area (Å²) in [5.74, 6) is -0.111. The van der Waals surface area contributed by atoms with Crippen molar-refractivity contribution in [3.63, 3.8) is 0 Å². The minimum absolute atomic E-state index is 0.111. The number of hydrogen-bond donors (Lipinski definition) is 2. The van der Waals surface area contributed by atoms with Gasteiger partial charge < -0.3 is 11.1 Å². The van der Waals surface area contributed by atoms with Crippen LogP contribution in [0.4, 0.5) is 5.69 Å². The maximum absolute atomic E-state index is 11.8. The number of amides is 1. The molecule has 1 aromatic carbocycles. The topological polar surface area (TPSA) is 55.1 Å². The number of benzene rings is 1. The highest BCUT2D eigenvalue weighted by molar-refractivity contribution is 9.10. The van der Waals surface area contributed by atoms with Crippen LogP contribution >= 0.6 is 15.9 Å². The molecule has 0 aliphatic carbocycles. The van der Waals surface area contributed by atoms with Gasteiger partial charge in [0.05, 0.1) is 6.04 Å². The molecular formula is C13H19BrN2O. The van der Waals surface area contributed by atoms with Gasteiger partial charge in [0, 0.05) is 10.2 Å². The molecule has 0 saturated carbocycles. The number of nitrogens with two attached hydrogens (primary N) is 1. The highest BCUT2D eigenvalue weighted by atomic mass is 79.9. The molecule has 0 fully saturated rings. The fourth-order valence-electron chi connectivity index (χ4n) is 1.51. The predicted molar refractivity (Wildman–Crippen MR) is 75.0 cm³/mol. The summed E-state index contributed by atoms with van der Waals surface area (Å²) in [5.41, 5.74) is 7.68. The van der Waals surface area contributed by atoms with E-state index in [4.69, 9.17) is 5.73 Å². The van der Waals surface area contributed by atoms with Gasteiger partial charge in [-0.15, -0.1) is 0 Å². The van der Waals surface area contributed by atoms with Crippen LogP contribution in [0.2, 0.25) is 0 Å². The minimum Gasteiger partial charge on any atom is -0.325 e. The zero-order valence-corrected chi connectivity index (χ0v) is 11.9. The lowest BCUT2D eigenvalue weighted by molar-refractivity contribution is -0.117. The van der Waals surface area contributed by atoms with Crippen molar-refractivity contribution in [1.82, 2.24) is 0 Å². The third kappa shape index (κ3) is 4.48. The summed E-state index contributed by atoms with van der Waals surface area (Å²) in [7, 11) is 0. The first-order chi connectivity index (χ1) is 8.04. The molecule has 0 aromatic heterocycles. The van der Waals surface area contributed by atoms with Crippen LogP contribution in [-0.2, 0) is 4.79 Å². The summed E-state index contributed by atoms with van der Waals surface area (Å²) in [6, 6.07) is 5.29. The predicted octanol–water partition coefficient (Wildman–Crippen LogP) is 3.21. The molecule has 0 aliphatic rings. The van der Waals surface area contributed by atoms with Crippen LogP contribution in [0.25, 0.3) is 0 Å². The zero-order valence-electron chi connectivity index (χ0n) is 10.3.